The second-order valence-corrected chi connectivity index (χ2v) is 9.39. The minimum Gasteiger partial charge on any atom is -0.322 e. The Hall–Kier alpha value is -1.77. The van der Waals surface area contributed by atoms with Crippen molar-refractivity contribution in [3.05, 3.63) is 46.9 Å². The molecule has 5 nitrogen and oxygen atoms in total. The molecule has 0 aliphatic heterocycles. The van der Waals surface area contributed by atoms with E-state index in [1.54, 1.807) is 22.7 Å². The number of carbonyl (C=O) groups is 1. The Kier molecular flexibility index (Phi) is 5.05. The molecule has 0 fully saturated rings. The van der Waals surface area contributed by atoms with Crippen LogP contribution in [0.2, 0.25) is 0 Å². The second-order valence-electron chi connectivity index (χ2n) is 6.82. The summed E-state index contributed by atoms with van der Waals surface area (Å²) in [6.07, 6.45) is 6.13. The minimum atomic E-state index is -0.293. The monoisotopic (exact) mass is 419 g/mol. The molecule has 1 amide bonds. The van der Waals surface area contributed by atoms with E-state index in [9.17, 15) is 9.59 Å². The highest BCUT2D eigenvalue weighted by molar-refractivity contribution is 7.71. The molecule has 0 radical (unpaired) electrons. The van der Waals surface area contributed by atoms with Crippen LogP contribution in [-0.4, -0.2) is 15.6 Å². The van der Waals surface area contributed by atoms with Gasteiger partial charge in [0.15, 0.2) is 0 Å². The highest BCUT2D eigenvalue weighted by Gasteiger charge is 2.21. The lowest BCUT2D eigenvalue weighted by molar-refractivity contribution is 0.101. The third kappa shape index (κ3) is 3.19. The Morgan fingerprint density at radius 3 is 2.89 bits per heavy atom. The molecule has 8 heteroatoms. The van der Waals surface area contributed by atoms with Gasteiger partial charge in [0, 0.05) is 15.1 Å². The van der Waals surface area contributed by atoms with Gasteiger partial charge < -0.3 is 4.98 Å². The van der Waals surface area contributed by atoms with Crippen LogP contribution >= 0.6 is 34.9 Å². The smallest absolute Gasteiger partial charge is 0.282 e. The first-order valence-corrected chi connectivity index (χ1v) is 11.3. The summed E-state index contributed by atoms with van der Waals surface area (Å²) in [6, 6.07) is 0. The van der Waals surface area contributed by atoms with Crippen LogP contribution in [0, 0.1) is 11.7 Å². The highest BCUT2D eigenvalue weighted by atomic mass is 32.1. The standard InChI is InChI=1S/C19H21N3O2S3/c1-3-11-10(2)26-9-13(11)16(23)21-22-18(24)15-12-7-5-4-6-8-14(12)27-17(15)20-19(22)25/h9H,3-8H2,1-2H3,(H,20,25)(H,21,23). The molecule has 27 heavy (non-hydrogen) atoms. The molecule has 3 aromatic rings. The van der Waals surface area contributed by atoms with Crippen LogP contribution in [0.15, 0.2) is 10.2 Å². The SMILES string of the molecule is CCc1c(C(=O)Nn2c(=S)[nH]c3sc4c(c3c2=O)CCCCC4)csc1C. The zero-order chi connectivity index (χ0) is 19.1. The lowest BCUT2D eigenvalue weighted by Crippen LogP contribution is -2.34. The molecule has 2 N–H and O–H groups in total. The summed E-state index contributed by atoms with van der Waals surface area (Å²) < 4.78 is 1.42. The van der Waals surface area contributed by atoms with E-state index in [1.807, 2.05) is 19.2 Å². The van der Waals surface area contributed by atoms with Gasteiger partial charge in [-0.25, -0.2) is 0 Å². The lowest BCUT2D eigenvalue weighted by atomic mass is 10.1. The van der Waals surface area contributed by atoms with Gasteiger partial charge in [0.25, 0.3) is 11.5 Å². The molecule has 0 atom stereocenters. The summed E-state index contributed by atoms with van der Waals surface area (Å²) in [7, 11) is 0. The molecular weight excluding hydrogens is 398 g/mol. The number of aromatic amines is 1. The number of carbonyl (C=O) groups excluding carboxylic acids is 1. The first-order valence-electron chi connectivity index (χ1n) is 9.19. The van der Waals surface area contributed by atoms with Crippen LogP contribution in [0.25, 0.3) is 10.2 Å². The number of aryl methyl sites for hydroxylation is 3. The predicted octanol–water partition coefficient (Wildman–Crippen LogP) is 4.71. The number of fused-ring (bicyclic) bond motifs is 3. The van der Waals surface area contributed by atoms with Crippen molar-refractivity contribution in [2.45, 2.75) is 52.4 Å². The van der Waals surface area contributed by atoms with Crippen molar-refractivity contribution in [2.75, 3.05) is 5.43 Å². The highest BCUT2D eigenvalue weighted by Crippen LogP contribution is 2.32. The van der Waals surface area contributed by atoms with Gasteiger partial charge in [-0.2, -0.15) is 4.68 Å². The zero-order valence-electron chi connectivity index (χ0n) is 15.3. The fourth-order valence-corrected chi connectivity index (χ4v) is 6.30. The number of amides is 1. The van der Waals surface area contributed by atoms with Crippen molar-refractivity contribution < 1.29 is 4.79 Å². The van der Waals surface area contributed by atoms with Gasteiger partial charge in [0.1, 0.15) is 4.83 Å². The van der Waals surface area contributed by atoms with Crippen molar-refractivity contribution in [3.8, 4) is 0 Å². The van der Waals surface area contributed by atoms with Crippen molar-refractivity contribution >= 4 is 51.0 Å². The molecular formula is C19H21N3O2S3. The molecule has 0 aromatic carbocycles. The van der Waals surface area contributed by atoms with Gasteiger partial charge in [-0.1, -0.05) is 13.3 Å². The van der Waals surface area contributed by atoms with Crippen molar-refractivity contribution in [2.24, 2.45) is 0 Å². The largest absolute Gasteiger partial charge is 0.322 e. The first-order chi connectivity index (χ1) is 13.0. The molecule has 142 valence electrons. The maximum atomic E-state index is 13.2. The third-order valence-corrected chi connectivity index (χ3v) is 7.62. The Labute approximate surface area is 170 Å². The molecule has 0 spiro atoms. The van der Waals surface area contributed by atoms with Crippen LogP contribution < -0.4 is 11.0 Å². The van der Waals surface area contributed by atoms with Crippen molar-refractivity contribution in [1.82, 2.24) is 9.66 Å². The lowest BCUT2D eigenvalue weighted by Gasteiger charge is -2.10. The van der Waals surface area contributed by atoms with Crippen molar-refractivity contribution in [1.29, 1.82) is 0 Å². The summed E-state index contributed by atoms with van der Waals surface area (Å²) in [5, 5.41) is 2.53. The number of nitrogens with zero attached hydrogens (tertiary/aromatic N) is 1. The predicted molar refractivity (Wildman–Crippen MR) is 115 cm³/mol. The zero-order valence-corrected chi connectivity index (χ0v) is 17.8. The molecule has 0 saturated carbocycles. The number of rotatable bonds is 3. The number of nitrogens with one attached hydrogen (secondary N) is 2. The first kappa shape index (κ1) is 18.6. The Bertz CT molecular complexity index is 1150. The molecule has 3 aromatic heterocycles. The topological polar surface area (TPSA) is 66.9 Å². The summed E-state index contributed by atoms with van der Waals surface area (Å²) in [6.45, 7) is 4.03. The maximum absolute atomic E-state index is 13.2. The van der Waals surface area contributed by atoms with E-state index in [0.717, 1.165) is 52.9 Å². The van der Waals surface area contributed by atoms with Gasteiger partial charge in [-0.05, 0) is 62.4 Å². The number of H-pyrrole nitrogens is 1. The minimum absolute atomic E-state index is 0.224. The molecule has 0 unspecified atom stereocenters. The summed E-state index contributed by atoms with van der Waals surface area (Å²) in [5.41, 5.74) is 5.27. The average molecular weight is 420 g/mol. The van der Waals surface area contributed by atoms with E-state index in [1.165, 1.54) is 16.0 Å². The quantitative estimate of drug-likeness (QED) is 0.477. The van der Waals surface area contributed by atoms with Gasteiger partial charge in [0.2, 0.25) is 4.77 Å². The summed E-state index contributed by atoms with van der Waals surface area (Å²) >= 11 is 8.55. The van der Waals surface area contributed by atoms with E-state index in [4.69, 9.17) is 12.2 Å². The van der Waals surface area contributed by atoms with Crippen molar-refractivity contribution in [3.63, 3.8) is 0 Å². The molecule has 4 rings (SSSR count). The number of thiophene rings is 2. The normalized spacial score (nSPS) is 14.1. The maximum Gasteiger partial charge on any atom is 0.282 e. The van der Waals surface area contributed by atoms with E-state index in [0.29, 0.717) is 10.9 Å². The van der Waals surface area contributed by atoms with Crippen LogP contribution in [0.3, 0.4) is 0 Å². The second kappa shape index (κ2) is 7.33. The molecule has 1 aliphatic rings. The Morgan fingerprint density at radius 2 is 2.11 bits per heavy atom. The molecule has 0 saturated heterocycles. The summed E-state index contributed by atoms with van der Waals surface area (Å²) in [5.74, 6) is -0.293. The molecule has 1 aliphatic carbocycles. The Morgan fingerprint density at radius 1 is 1.33 bits per heavy atom. The van der Waals surface area contributed by atoms with E-state index in [-0.39, 0.29) is 16.2 Å². The van der Waals surface area contributed by atoms with Gasteiger partial charge in [-0.3, -0.25) is 15.0 Å². The molecule has 0 bridgehead atoms. The Balaban J connectivity index is 1.80. The van der Waals surface area contributed by atoms with Gasteiger partial charge in [0.05, 0.1) is 10.9 Å². The summed E-state index contributed by atoms with van der Waals surface area (Å²) in [4.78, 5) is 32.4. The van der Waals surface area contributed by atoms with Crippen LogP contribution in [0.4, 0.5) is 0 Å². The molecule has 3 heterocycles. The number of hydrogen-bond acceptors (Lipinski definition) is 5. The number of aromatic nitrogens is 2. The van der Waals surface area contributed by atoms with Crippen LogP contribution in [0.1, 0.15) is 57.4 Å². The van der Waals surface area contributed by atoms with E-state index >= 15 is 0 Å². The third-order valence-electron chi connectivity index (χ3n) is 5.18. The average Bonchev–Trinajstić information content (AvgIpc) is 3.10. The van der Waals surface area contributed by atoms with Crippen LogP contribution in [-0.2, 0) is 19.3 Å². The van der Waals surface area contributed by atoms with Crippen LogP contribution in [0.5, 0.6) is 0 Å². The van der Waals surface area contributed by atoms with Gasteiger partial charge >= 0.3 is 0 Å². The fraction of sp³-hybridized carbons (Fsp3) is 0.421. The fourth-order valence-electron chi connectivity index (χ4n) is 3.79. The van der Waals surface area contributed by atoms with Gasteiger partial charge in [-0.15, -0.1) is 22.7 Å². The van der Waals surface area contributed by atoms with E-state index < -0.39 is 0 Å². The van der Waals surface area contributed by atoms with E-state index in [2.05, 4.69) is 10.4 Å². The number of hydrogen-bond donors (Lipinski definition) is 2.